The molecule has 0 aliphatic carbocycles. The van der Waals surface area contributed by atoms with Crippen LogP contribution in [0, 0.1) is 0 Å². The van der Waals surface area contributed by atoms with Crippen molar-refractivity contribution in [1.82, 2.24) is 4.57 Å². The molecule has 0 spiro atoms. The third-order valence-electron chi connectivity index (χ3n) is 2.49. The van der Waals surface area contributed by atoms with E-state index in [9.17, 15) is 9.59 Å². The highest BCUT2D eigenvalue weighted by molar-refractivity contribution is 5.80. The van der Waals surface area contributed by atoms with Gasteiger partial charge in [0, 0.05) is 6.07 Å². The topological polar surface area (TPSA) is 48.3 Å². The van der Waals surface area contributed by atoms with Gasteiger partial charge in [-0.15, -0.1) is 0 Å². The van der Waals surface area contributed by atoms with Gasteiger partial charge in [0.15, 0.2) is 0 Å². The summed E-state index contributed by atoms with van der Waals surface area (Å²) in [6, 6.07) is 10.7. The molecular weight excluding hydrogens is 218 g/mol. The minimum atomic E-state index is -0.397. The maximum Gasteiger partial charge on any atom is 0.326 e. The van der Waals surface area contributed by atoms with Gasteiger partial charge in [-0.05, 0) is 24.4 Å². The van der Waals surface area contributed by atoms with E-state index in [1.54, 1.807) is 13.0 Å². The van der Waals surface area contributed by atoms with Crippen LogP contribution in [-0.2, 0) is 16.1 Å². The zero-order chi connectivity index (χ0) is 12.3. The highest BCUT2D eigenvalue weighted by atomic mass is 16.5. The molecule has 0 saturated heterocycles. The van der Waals surface area contributed by atoms with Crippen molar-refractivity contribution in [3.63, 3.8) is 0 Å². The number of fused-ring (bicyclic) bond motifs is 1. The summed E-state index contributed by atoms with van der Waals surface area (Å²) < 4.78 is 6.27. The fraction of sp³-hybridized carbons (Fsp3) is 0.231. The average Bonchev–Trinajstić information content (AvgIpc) is 2.33. The van der Waals surface area contributed by atoms with E-state index in [0.717, 1.165) is 10.9 Å². The molecule has 0 amide bonds. The van der Waals surface area contributed by atoms with E-state index >= 15 is 0 Å². The second kappa shape index (κ2) is 4.82. The smallest absolute Gasteiger partial charge is 0.326 e. The Hall–Kier alpha value is -2.10. The molecule has 0 bridgehead atoms. The molecule has 0 unspecified atom stereocenters. The molecule has 0 atom stereocenters. The third kappa shape index (κ3) is 2.36. The van der Waals surface area contributed by atoms with Gasteiger partial charge >= 0.3 is 5.97 Å². The van der Waals surface area contributed by atoms with Gasteiger partial charge < -0.3 is 4.74 Å². The van der Waals surface area contributed by atoms with Crippen LogP contribution < -0.4 is 5.56 Å². The van der Waals surface area contributed by atoms with E-state index in [1.165, 1.54) is 10.6 Å². The minimum Gasteiger partial charge on any atom is -0.465 e. The number of rotatable bonds is 3. The highest BCUT2D eigenvalue weighted by Crippen LogP contribution is 2.10. The number of carbonyl (C=O) groups is 1. The van der Waals surface area contributed by atoms with Crippen molar-refractivity contribution in [3.8, 4) is 0 Å². The number of ether oxygens (including phenoxy) is 1. The van der Waals surface area contributed by atoms with Crippen LogP contribution in [0.5, 0.6) is 0 Å². The molecule has 0 N–H and O–H groups in total. The van der Waals surface area contributed by atoms with Gasteiger partial charge in [-0.3, -0.25) is 14.2 Å². The summed E-state index contributed by atoms with van der Waals surface area (Å²) in [5.41, 5.74) is 0.546. The van der Waals surface area contributed by atoms with Gasteiger partial charge in [0.05, 0.1) is 12.1 Å². The summed E-state index contributed by atoms with van der Waals surface area (Å²) in [6.07, 6.45) is 0. The molecule has 1 aromatic carbocycles. The average molecular weight is 231 g/mol. The maximum atomic E-state index is 11.7. The number of nitrogens with zero attached hydrogens (tertiary/aromatic N) is 1. The van der Waals surface area contributed by atoms with Crippen LogP contribution in [0.3, 0.4) is 0 Å². The van der Waals surface area contributed by atoms with E-state index in [1.807, 2.05) is 24.3 Å². The lowest BCUT2D eigenvalue weighted by molar-refractivity contribution is -0.143. The Bertz CT molecular complexity index is 601. The molecule has 0 radical (unpaired) electrons. The lowest BCUT2D eigenvalue weighted by Crippen LogP contribution is -2.24. The van der Waals surface area contributed by atoms with E-state index in [2.05, 4.69) is 0 Å². The molecule has 1 heterocycles. The predicted molar refractivity (Wildman–Crippen MR) is 64.8 cm³/mol. The fourth-order valence-corrected chi connectivity index (χ4v) is 1.74. The molecule has 17 heavy (non-hydrogen) atoms. The molecule has 4 heteroatoms. The standard InChI is InChI=1S/C13H13NO3/c1-2-17-13(16)9-14-11-6-4-3-5-10(11)7-8-12(14)15/h3-8H,2,9H2,1H3. The molecule has 0 aliphatic rings. The van der Waals surface area contributed by atoms with E-state index in [0.29, 0.717) is 6.61 Å². The number of aromatic nitrogens is 1. The summed E-state index contributed by atoms with van der Waals surface area (Å²) >= 11 is 0. The van der Waals surface area contributed by atoms with Gasteiger partial charge in [0.2, 0.25) is 0 Å². The number of esters is 1. The Morgan fingerprint density at radius 2 is 2.00 bits per heavy atom. The SMILES string of the molecule is CCOC(=O)Cn1c(=O)ccc2ccccc21. The van der Waals surface area contributed by atoms with Gasteiger partial charge in [-0.25, -0.2) is 0 Å². The Labute approximate surface area is 98.4 Å². The zero-order valence-electron chi connectivity index (χ0n) is 9.55. The Kier molecular flexibility index (Phi) is 3.23. The van der Waals surface area contributed by atoms with E-state index in [4.69, 9.17) is 4.74 Å². The van der Waals surface area contributed by atoms with Gasteiger partial charge in [-0.1, -0.05) is 18.2 Å². The summed E-state index contributed by atoms with van der Waals surface area (Å²) in [6.45, 7) is 2.01. The molecular formula is C13H13NO3. The predicted octanol–water partition coefficient (Wildman–Crippen LogP) is 1.56. The Balaban J connectivity index is 2.48. The van der Waals surface area contributed by atoms with Crippen LogP contribution in [-0.4, -0.2) is 17.1 Å². The Morgan fingerprint density at radius 1 is 1.24 bits per heavy atom. The van der Waals surface area contributed by atoms with Crippen molar-refractivity contribution in [2.45, 2.75) is 13.5 Å². The lowest BCUT2D eigenvalue weighted by Gasteiger charge is -2.08. The largest absolute Gasteiger partial charge is 0.465 e. The molecule has 88 valence electrons. The normalized spacial score (nSPS) is 10.4. The number of hydrogen-bond donors (Lipinski definition) is 0. The zero-order valence-corrected chi connectivity index (χ0v) is 9.55. The van der Waals surface area contributed by atoms with E-state index in [-0.39, 0.29) is 12.1 Å². The molecule has 0 fully saturated rings. The van der Waals surface area contributed by atoms with Crippen LogP contribution in [0.4, 0.5) is 0 Å². The van der Waals surface area contributed by atoms with Crippen LogP contribution >= 0.6 is 0 Å². The van der Waals surface area contributed by atoms with Crippen LogP contribution in [0.2, 0.25) is 0 Å². The third-order valence-corrected chi connectivity index (χ3v) is 2.49. The Morgan fingerprint density at radius 3 is 2.76 bits per heavy atom. The number of para-hydroxylation sites is 1. The second-order valence-corrected chi connectivity index (χ2v) is 3.62. The monoisotopic (exact) mass is 231 g/mol. The van der Waals surface area contributed by atoms with Crippen molar-refractivity contribution in [3.05, 3.63) is 46.8 Å². The van der Waals surface area contributed by atoms with Crippen molar-refractivity contribution in [2.24, 2.45) is 0 Å². The number of hydrogen-bond acceptors (Lipinski definition) is 3. The first-order chi connectivity index (χ1) is 8.22. The fourth-order valence-electron chi connectivity index (χ4n) is 1.74. The van der Waals surface area contributed by atoms with Crippen LogP contribution in [0.1, 0.15) is 6.92 Å². The lowest BCUT2D eigenvalue weighted by atomic mass is 10.2. The number of benzene rings is 1. The maximum absolute atomic E-state index is 11.7. The van der Waals surface area contributed by atoms with Gasteiger partial charge in [0.25, 0.3) is 5.56 Å². The number of carbonyl (C=O) groups excluding carboxylic acids is 1. The molecule has 0 aliphatic heterocycles. The first-order valence-electron chi connectivity index (χ1n) is 5.46. The first kappa shape index (κ1) is 11.4. The quantitative estimate of drug-likeness (QED) is 0.753. The van der Waals surface area contributed by atoms with Crippen LogP contribution in [0.25, 0.3) is 10.9 Å². The molecule has 4 nitrogen and oxygen atoms in total. The molecule has 0 saturated carbocycles. The van der Waals surface area contributed by atoms with Crippen molar-refractivity contribution in [1.29, 1.82) is 0 Å². The second-order valence-electron chi connectivity index (χ2n) is 3.62. The summed E-state index contributed by atoms with van der Waals surface area (Å²) in [5.74, 6) is -0.397. The number of pyridine rings is 1. The summed E-state index contributed by atoms with van der Waals surface area (Å²) in [4.78, 5) is 23.2. The summed E-state index contributed by atoms with van der Waals surface area (Å²) in [5, 5.41) is 0.927. The molecule has 1 aromatic heterocycles. The molecule has 2 aromatic rings. The minimum absolute atomic E-state index is 0.0476. The highest BCUT2D eigenvalue weighted by Gasteiger charge is 2.07. The van der Waals surface area contributed by atoms with Crippen molar-refractivity contribution >= 4 is 16.9 Å². The van der Waals surface area contributed by atoms with E-state index < -0.39 is 5.97 Å². The van der Waals surface area contributed by atoms with Crippen molar-refractivity contribution < 1.29 is 9.53 Å². The summed E-state index contributed by atoms with van der Waals surface area (Å²) in [7, 11) is 0. The van der Waals surface area contributed by atoms with Gasteiger partial charge in [-0.2, -0.15) is 0 Å². The van der Waals surface area contributed by atoms with Crippen molar-refractivity contribution in [2.75, 3.05) is 6.61 Å². The first-order valence-corrected chi connectivity index (χ1v) is 5.46. The molecule has 2 rings (SSSR count). The van der Waals surface area contributed by atoms with Gasteiger partial charge in [0.1, 0.15) is 6.54 Å². The van der Waals surface area contributed by atoms with Crippen LogP contribution in [0.15, 0.2) is 41.2 Å².